The van der Waals surface area contributed by atoms with Crippen molar-refractivity contribution >= 4 is 35.5 Å². The molecule has 0 unspecified atom stereocenters. The van der Waals surface area contributed by atoms with Gasteiger partial charge in [0.2, 0.25) is 5.91 Å². The molecule has 3 rings (SSSR count). The van der Waals surface area contributed by atoms with Crippen LogP contribution in [0.25, 0.3) is 6.08 Å². The molecule has 0 aliphatic carbocycles. The highest BCUT2D eigenvalue weighted by Gasteiger charge is 2.24. The number of nitro benzene ring substituents is 1. The lowest BCUT2D eigenvalue weighted by molar-refractivity contribution is -0.387. The fraction of sp³-hybridized carbons (Fsp3) is 0.360. The minimum Gasteiger partial charge on any atom is -0.450 e. The van der Waals surface area contributed by atoms with Gasteiger partial charge in [-0.3, -0.25) is 14.9 Å². The van der Waals surface area contributed by atoms with Crippen LogP contribution < -0.4 is 0 Å². The highest BCUT2D eigenvalue weighted by atomic mass is 32.2. The van der Waals surface area contributed by atoms with Gasteiger partial charge in [0, 0.05) is 43.2 Å². The van der Waals surface area contributed by atoms with E-state index < -0.39 is 4.92 Å². The Balaban J connectivity index is 1.69. The second-order valence-corrected chi connectivity index (χ2v) is 9.21. The van der Waals surface area contributed by atoms with E-state index in [1.165, 1.54) is 23.9 Å². The third kappa shape index (κ3) is 6.38. The fourth-order valence-electron chi connectivity index (χ4n) is 3.63. The molecule has 0 spiro atoms. The molecule has 2 aromatic rings. The SMILES string of the molecule is CCOC(=O)N1CCN(C(=O)C=Cc2ccc(Sc3ccccc3C(C)C)c([N+](=O)[O-])c2)CC1. The van der Waals surface area contributed by atoms with Crippen molar-refractivity contribution in [2.45, 2.75) is 36.5 Å². The Morgan fingerprint density at radius 2 is 1.76 bits per heavy atom. The van der Waals surface area contributed by atoms with Crippen LogP contribution in [0, 0.1) is 10.1 Å². The number of nitrogens with zero attached hydrogens (tertiary/aromatic N) is 3. The first-order chi connectivity index (χ1) is 16.3. The van der Waals surface area contributed by atoms with E-state index in [0.29, 0.717) is 49.2 Å². The molecule has 34 heavy (non-hydrogen) atoms. The van der Waals surface area contributed by atoms with Crippen LogP contribution in [0.2, 0.25) is 0 Å². The van der Waals surface area contributed by atoms with E-state index in [1.807, 2.05) is 24.3 Å². The molecule has 0 aromatic heterocycles. The van der Waals surface area contributed by atoms with Crippen molar-refractivity contribution in [3.8, 4) is 0 Å². The first-order valence-electron chi connectivity index (χ1n) is 11.2. The summed E-state index contributed by atoms with van der Waals surface area (Å²) in [5, 5.41) is 11.8. The zero-order valence-corrected chi connectivity index (χ0v) is 20.4. The number of hydrogen-bond donors (Lipinski definition) is 0. The van der Waals surface area contributed by atoms with Gasteiger partial charge in [0.25, 0.3) is 5.69 Å². The van der Waals surface area contributed by atoms with Crippen LogP contribution in [0.15, 0.2) is 58.3 Å². The Morgan fingerprint density at radius 1 is 1.09 bits per heavy atom. The summed E-state index contributed by atoms with van der Waals surface area (Å²) in [5.74, 6) is 0.102. The van der Waals surface area contributed by atoms with Crippen molar-refractivity contribution in [2.24, 2.45) is 0 Å². The molecular formula is C25H29N3O5S. The molecule has 9 heteroatoms. The molecule has 1 aliphatic rings. The zero-order chi connectivity index (χ0) is 24.7. The van der Waals surface area contributed by atoms with E-state index in [0.717, 1.165) is 10.5 Å². The highest BCUT2D eigenvalue weighted by molar-refractivity contribution is 7.99. The van der Waals surface area contributed by atoms with Crippen LogP contribution in [0.3, 0.4) is 0 Å². The van der Waals surface area contributed by atoms with Crippen LogP contribution in [0.1, 0.15) is 37.8 Å². The molecule has 1 aliphatic heterocycles. The van der Waals surface area contributed by atoms with Crippen LogP contribution in [-0.2, 0) is 9.53 Å². The Morgan fingerprint density at radius 3 is 2.41 bits per heavy atom. The van der Waals surface area contributed by atoms with Crippen molar-refractivity contribution in [3.63, 3.8) is 0 Å². The normalized spacial score (nSPS) is 14.0. The number of carbonyl (C=O) groups is 2. The lowest BCUT2D eigenvalue weighted by atomic mass is 10.0. The molecule has 2 aromatic carbocycles. The summed E-state index contributed by atoms with van der Waals surface area (Å²) in [6.07, 6.45) is 2.63. The molecular weight excluding hydrogens is 454 g/mol. The molecule has 180 valence electrons. The first kappa shape index (κ1) is 25.3. The second-order valence-electron chi connectivity index (χ2n) is 8.12. The Labute approximate surface area is 203 Å². The van der Waals surface area contributed by atoms with E-state index in [2.05, 4.69) is 13.8 Å². The smallest absolute Gasteiger partial charge is 0.409 e. The van der Waals surface area contributed by atoms with Gasteiger partial charge in [-0.05, 0) is 42.2 Å². The molecule has 0 radical (unpaired) electrons. The predicted octanol–water partition coefficient (Wildman–Crippen LogP) is 5.18. The van der Waals surface area contributed by atoms with Crippen molar-refractivity contribution in [2.75, 3.05) is 32.8 Å². The van der Waals surface area contributed by atoms with Gasteiger partial charge in [0.05, 0.1) is 16.4 Å². The van der Waals surface area contributed by atoms with Crippen molar-refractivity contribution < 1.29 is 19.2 Å². The third-order valence-corrected chi connectivity index (χ3v) is 6.63. The van der Waals surface area contributed by atoms with Gasteiger partial charge in [-0.25, -0.2) is 4.79 Å². The van der Waals surface area contributed by atoms with Crippen molar-refractivity contribution in [3.05, 3.63) is 69.8 Å². The zero-order valence-electron chi connectivity index (χ0n) is 19.6. The molecule has 0 atom stereocenters. The summed E-state index contributed by atoms with van der Waals surface area (Å²) in [6, 6.07) is 12.9. The molecule has 8 nitrogen and oxygen atoms in total. The summed E-state index contributed by atoms with van der Waals surface area (Å²) in [6.45, 7) is 7.89. The van der Waals surface area contributed by atoms with Gasteiger partial charge < -0.3 is 14.5 Å². The number of carbonyl (C=O) groups excluding carboxylic acids is 2. The number of rotatable bonds is 7. The maximum Gasteiger partial charge on any atom is 0.409 e. The van der Waals surface area contributed by atoms with Gasteiger partial charge >= 0.3 is 6.09 Å². The van der Waals surface area contributed by atoms with Crippen molar-refractivity contribution in [1.29, 1.82) is 0 Å². The summed E-state index contributed by atoms with van der Waals surface area (Å²) in [4.78, 5) is 40.5. The number of amides is 2. The lowest BCUT2D eigenvalue weighted by Crippen LogP contribution is -2.50. The van der Waals surface area contributed by atoms with Crippen LogP contribution >= 0.6 is 11.8 Å². The lowest BCUT2D eigenvalue weighted by Gasteiger charge is -2.33. The molecule has 1 saturated heterocycles. The van der Waals surface area contributed by atoms with Gasteiger partial charge in [-0.15, -0.1) is 0 Å². The van der Waals surface area contributed by atoms with Gasteiger partial charge in [-0.1, -0.05) is 49.9 Å². The molecule has 0 N–H and O–H groups in total. The second kappa shape index (κ2) is 11.7. The average molecular weight is 484 g/mol. The molecule has 0 bridgehead atoms. The number of hydrogen-bond acceptors (Lipinski definition) is 6. The predicted molar refractivity (Wildman–Crippen MR) is 132 cm³/mol. The topological polar surface area (TPSA) is 93.0 Å². The fourth-order valence-corrected chi connectivity index (χ4v) is 4.81. The maximum atomic E-state index is 12.6. The minimum absolute atomic E-state index is 0.00112. The highest BCUT2D eigenvalue weighted by Crippen LogP contribution is 2.39. The summed E-state index contributed by atoms with van der Waals surface area (Å²) in [5.41, 5.74) is 1.72. The monoisotopic (exact) mass is 483 g/mol. The first-order valence-corrected chi connectivity index (χ1v) is 12.1. The standard InChI is InChI=1S/C25H29N3O5S/c1-4-33-25(30)27-15-13-26(14-16-27)24(29)12-10-19-9-11-23(21(17-19)28(31)32)34-22-8-6-5-7-20(22)18(2)3/h5-12,17-18H,4,13-16H2,1-3H3. The summed E-state index contributed by atoms with van der Waals surface area (Å²) < 4.78 is 4.99. The molecule has 1 heterocycles. The van der Waals surface area contributed by atoms with Gasteiger partial charge in [0.15, 0.2) is 0 Å². The summed E-state index contributed by atoms with van der Waals surface area (Å²) in [7, 11) is 0. The Kier molecular flexibility index (Phi) is 8.70. The average Bonchev–Trinajstić information content (AvgIpc) is 2.83. The quantitative estimate of drug-likeness (QED) is 0.306. The number of nitro groups is 1. The molecule has 1 fully saturated rings. The van der Waals surface area contributed by atoms with Crippen LogP contribution in [0.5, 0.6) is 0 Å². The minimum atomic E-state index is -0.395. The molecule has 0 saturated carbocycles. The van der Waals surface area contributed by atoms with Crippen LogP contribution in [-0.4, -0.2) is 59.5 Å². The number of piperazine rings is 1. The van der Waals surface area contributed by atoms with Crippen molar-refractivity contribution in [1.82, 2.24) is 9.80 Å². The van der Waals surface area contributed by atoms with Gasteiger partial charge in [0.1, 0.15) is 0 Å². The summed E-state index contributed by atoms with van der Waals surface area (Å²) >= 11 is 1.38. The van der Waals surface area contributed by atoms with E-state index in [-0.39, 0.29) is 17.7 Å². The van der Waals surface area contributed by atoms with E-state index in [4.69, 9.17) is 4.74 Å². The van der Waals surface area contributed by atoms with E-state index in [1.54, 1.807) is 34.9 Å². The maximum absolute atomic E-state index is 12.6. The van der Waals surface area contributed by atoms with E-state index >= 15 is 0 Å². The molecule has 2 amide bonds. The number of ether oxygens (including phenoxy) is 1. The third-order valence-electron chi connectivity index (χ3n) is 5.48. The Hall–Kier alpha value is -3.33. The van der Waals surface area contributed by atoms with Gasteiger partial charge in [-0.2, -0.15) is 0 Å². The Bertz CT molecular complexity index is 1080. The van der Waals surface area contributed by atoms with Crippen LogP contribution in [0.4, 0.5) is 10.5 Å². The number of benzene rings is 2. The largest absolute Gasteiger partial charge is 0.450 e. The van der Waals surface area contributed by atoms with E-state index in [9.17, 15) is 19.7 Å².